The highest BCUT2D eigenvalue weighted by atomic mass is 35.5. The molecule has 4 heteroatoms. The second-order valence-corrected chi connectivity index (χ2v) is 4.62. The largest absolute Gasteiger partial charge is 0.478 e. The minimum absolute atomic E-state index is 0.392. The molecule has 0 amide bonds. The van der Waals surface area contributed by atoms with Crippen LogP contribution in [-0.4, -0.2) is 16.8 Å². The topological polar surface area (TPSA) is 39.2 Å². The average Bonchev–Trinajstić information content (AvgIpc) is 2.38. The summed E-state index contributed by atoms with van der Waals surface area (Å²) in [4.78, 5) is 14.8. The molecule has 0 aliphatic rings. The number of aromatic nitrogens is 1. The monoisotopic (exact) mass is 269 g/mol. The van der Waals surface area contributed by atoms with Crippen LogP contribution in [0.15, 0.2) is 18.3 Å². The number of nitrogens with zero attached hydrogens (tertiary/aromatic N) is 1. The van der Waals surface area contributed by atoms with Crippen LogP contribution >= 0.6 is 11.6 Å². The molecule has 0 bridgehead atoms. The van der Waals surface area contributed by atoms with Crippen molar-refractivity contribution < 1.29 is 9.53 Å². The summed E-state index contributed by atoms with van der Waals surface area (Å²) >= 11 is 5.32. The molecule has 100 valence electrons. The second-order valence-electron chi connectivity index (χ2n) is 4.28. The van der Waals surface area contributed by atoms with Crippen molar-refractivity contribution in [3.8, 4) is 5.88 Å². The Labute approximate surface area is 114 Å². The molecule has 0 unspecified atom stereocenters. The number of ether oxygens (including phenoxy) is 1. The van der Waals surface area contributed by atoms with E-state index in [-0.39, 0.29) is 0 Å². The molecule has 0 N–H and O–H groups in total. The van der Waals surface area contributed by atoms with Gasteiger partial charge in [-0.05, 0) is 24.1 Å². The standard InChI is InChI=1S/C14H20ClNO2/c1-2-3-4-5-6-7-10-18-13-9-8-12(11-16-13)14(15)17/h8-9,11H,2-7,10H2,1H3. The minimum Gasteiger partial charge on any atom is -0.478 e. The molecular formula is C14H20ClNO2. The van der Waals surface area contributed by atoms with E-state index in [1.54, 1.807) is 12.1 Å². The molecule has 1 rings (SSSR count). The fraction of sp³-hybridized carbons (Fsp3) is 0.571. The van der Waals surface area contributed by atoms with Gasteiger partial charge in [0.1, 0.15) is 0 Å². The average molecular weight is 270 g/mol. The number of pyridine rings is 1. The molecule has 1 heterocycles. The zero-order chi connectivity index (χ0) is 13.2. The van der Waals surface area contributed by atoms with Crippen molar-refractivity contribution >= 4 is 16.8 Å². The van der Waals surface area contributed by atoms with Gasteiger partial charge >= 0.3 is 0 Å². The van der Waals surface area contributed by atoms with E-state index in [9.17, 15) is 4.79 Å². The summed E-state index contributed by atoms with van der Waals surface area (Å²) in [5.74, 6) is 0.547. The van der Waals surface area contributed by atoms with Crippen molar-refractivity contribution in [2.75, 3.05) is 6.61 Å². The van der Waals surface area contributed by atoms with Crippen molar-refractivity contribution in [3.05, 3.63) is 23.9 Å². The predicted molar refractivity (Wildman–Crippen MR) is 73.3 cm³/mol. The molecule has 0 aromatic carbocycles. The number of halogens is 1. The lowest BCUT2D eigenvalue weighted by molar-refractivity contribution is 0.108. The van der Waals surface area contributed by atoms with Crippen LogP contribution in [0.1, 0.15) is 55.8 Å². The van der Waals surface area contributed by atoms with E-state index in [0.717, 1.165) is 6.42 Å². The third-order valence-electron chi connectivity index (χ3n) is 2.71. The Kier molecular flexibility index (Phi) is 7.42. The Balaban J connectivity index is 2.14. The molecule has 0 aliphatic carbocycles. The van der Waals surface area contributed by atoms with Crippen LogP contribution in [0, 0.1) is 0 Å². The molecule has 0 aliphatic heterocycles. The molecular weight excluding hydrogens is 250 g/mol. The summed E-state index contributed by atoms with van der Waals surface area (Å²) in [6.45, 7) is 2.89. The van der Waals surface area contributed by atoms with Crippen molar-refractivity contribution in [2.45, 2.75) is 45.4 Å². The van der Waals surface area contributed by atoms with Gasteiger partial charge in [0.25, 0.3) is 5.24 Å². The zero-order valence-electron chi connectivity index (χ0n) is 10.8. The van der Waals surface area contributed by atoms with E-state index in [4.69, 9.17) is 16.3 Å². The van der Waals surface area contributed by atoms with E-state index in [1.165, 1.54) is 38.3 Å². The van der Waals surface area contributed by atoms with Gasteiger partial charge in [-0.3, -0.25) is 4.79 Å². The summed E-state index contributed by atoms with van der Waals surface area (Å²) in [5, 5.41) is -0.495. The number of hydrogen-bond acceptors (Lipinski definition) is 3. The maximum atomic E-state index is 10.8. The zero-order valence-corrected chi connectivity index (χ0v) is 11.6. The van der Waals surface area contributed by atoms with E-state index in [1.807, 2.05) is 0 Å². The van der Waals surface area contributed by atoms with Crippen molar-refractivity contribution in [1.29, 1.82) is 0 Å². The van der Waals surface area contributed by atoms with Gasteiger partial charge in [-0.25, -0.2) is 4.98 Å². The molecule has 0 radical (unpaired) electrons. The lowest BCUT2D eigenvalue weighted by Gasteiger charge is -2.05. The molecule has 1 aromatic rings. The lowest BCUT2D eigenvalue weighted by Crippen LogP contribution is -2.00. The van der Waals surface area contributed by atoms with Crippen molar-refractivity contribution in [3.63, 3.8) is 0 Å². The minimum atomic E-state index is -0.495. The van der Waals surface area contributed by atoms with Crippen LogP contribution < -0.4 is 4.74 Å². The SMILES string of the molecule is CCCCCCCCOc1ccc(C(=O)Cl)cn1. The van der Waals surface area contributed by atoms with Gasteiger partial charge in [0.2, 0.25) is 5.88 Å². The van der Waals surface area contributed by atoms with Crippen LogP contribution in [0.5, 0.6) is 5.88 Å². The van der Waals surface area contributed by atoms with Crippen LogP contribution in [0.4, 0.5) is 0 Å². The smallest absolute Gasteiger partial charge is 0.253 e. The van der Waals surface area contributed by atoms with Crippen LogP contribution in [0.3, 0.4) is 0 Å². The summed E-state index contributed by atoms with van der Waals surface area (Å²) in [6, 6.07) is 3.30. The first-order valence-electron chi connectivity index (χ1n) is 6.52. The maximum Gasteiger partial charge on any atom is 0.253 e. The number of unbranched alkanes of at least 4 members (excludes halogenated alkanes) is 5. The first-order valence-corrected chi connectivity index (χ1v) is 6.90. The Morgan fingerprint density at radius 1 is 1.22 bits per heavy atom. The van der Waals surface area contributed by atoms with Gasteiger partial charge in [-0.1, -0.05) is 39.0 Å². The first-order chi connectivity index (χ1) is 8.74. The van der Waals surface area contributed by atoms with Gasteiger partial charge < -0.3 is 4.74 Å². The molecule has 18 heavy (non-hydrogen) atoms. The summed E-state index contributed by atoms with van der Waals surface area (Å²) in [6.07, 6.45) is 8.83. The first kappa shape index (κ1) is 15.0. The normalized spacial score (nSPS) is 10.3. The molecule has 0 fully saturated rings. The quantitative estimate of drug-likeness (QED) is 0.498. The Bertz CT molecular complexity index is 351. The van der Waals surface area contributed by atoms with E-state index >= 15 is 0 Å². The Morgan fingerprint density at radius 3 is 2.56 bits per heavy atom. The number of carbonyl (C=O) groups is 1. The summed E-state index contributed by atoms with van der Waals surface area (Å²) in [7, 11) is 0. The molecule has 3 nitrogen and oxygen atoms in total. The van der Waals surface area contributed by atoms with Gasteiger partial charge in [-0.15, -0.1) is 0 Å². The molecule has 0 saturated carbocycles. The van der Waals surface area contributed by atoms with Crippen molar-refractivity contribution in [1.82, 2.24) is 4.98 Å². The second kappa shape index (κ2) is 8.92. The number of hydrogen-bond donors (Lipinski definition) is 0. The van der Waals surface area contributed by atoms with Crippen molar-refractivity contribution in [2.24, 2.45) is 0 Å². The fourth-order valence-electron chi connectivity index (χ4n) is 1.64. The van der Waals surface area contributed by atoms with Crippen LogP contribution in [0.2, 0.25) is 0 Å². The fourth-order valence-corrected chi connectivity index (χ4v) is 1.75. The summed E-state index contributed by atoms with van der Waals surface area (Å²) < 4.78 is 5.48. The number of carbonyl (C=O) groups excluding carboxylic acids is 1. The highest BCUT2D eigenvalue weighted by Crippen LogP contribution is 2.11. The maximum absolute atomic E-state index is 10.8. The van der Waals surface area contributed by atoms with E-state index in [0.29, 0.717) is 18.1 Å². The molecule has 0 spiro atoms. The lowest BCUT2D eigenvalue weighted by atomic mass is 10.1. The molecule has 0 atom stereocenters. The third kappa shape index (κ3) is 6.01. The Morgan fingerprint density at radius 2 is 1.94 bits per heavy atom. The van der Waals surface area contributed by atoms with Crippen LogP contribution in [-0.2, 0) is 0 Å². The van der Waals surface area contributed by atoms with Gasteiger partial charge in [0.15, 0.2) is 0 Å². The molecule has 1 aromatic heterocycles. The van der Waals surface area contributed by atoms with Gasteiger partial charge in [-0.2, -0.15) is 0 Å². The van der Waals surface area contributed by atoms with E-state index in [2.05, 4.69) is 11.9 Å². The third-order valence-corrected chi connectivity index (χ3v) is 2.93. The summed E-state index contributed by atoms with van der Waals surface area (Å²) in [5.41, 5.74) is 0.392. The highest BCUT2D eigenvalue weighted by Gasteiger charge is 2.02. The van der Waals surface area contributed by atoms with Gasteiger partial charge in [0.05, 0.1) is 12.2 Å². The predicted octanol–water partition coefficient (Wildman–Crippen LogP) is 4.20. The highest BCUT2D eigenvalue weighted by molar-refractivity contribution is 6.67. The van der Waals surface area contributed by atoms with Crippen LogP contribution in [0.25, 0.3) is 0 Å². The Hall–Kier alpha value is -1.09. The number of rotatable bonds is 9. The van der Waals surface area contributed by atoms with Gasteiger partial charge in [0, 0.05) is 12.3 Å². The molecule has 0 saturated heterocycles. The van der Waals surface area contributed by atoms with E-state index < -0.39 is 5.24 Å².